The van der Waals surface area contributed by atoms with Gasteiger partial charge in [0.2, 0.25) is 0 Å². The number of esters is 4. The summed E-state index contributed by atoms with van der Waals surface area (Å²) in [5.41, 5.74) is 0. The first kappa shape index (κ1) is 99.1. The molecule has 0 aromatic heterocycles. The lowest BCUT2D eigenvalue weighted by molar-refractivity contribution is -0.161. The monoisotopic (exact) mass is 1480 g/mol. The van der Waals surface area contributed by atoms with Crippen LogP contribution in [0.5, 0.6) is 0 Å². The van der Waals surface area contributed by atoms with Gasteiger partial charge in [-0.25, -0.2) is 9.13 Å². The molecule has 3 N–H and O–H groups in total. The number of phosphoric ester groups is 2. The number of hydrogen-bond donors (Lipinski definition) is 3. The molecule has 0 aliphatic carbocycles. The second kappa shape index (κ2) is 74.9. The molecule has 101 heavy (non-hydrogen) atoms. The van der Waals surface area contributed by atoms with Gasteiger partial charge < -0.3 is 33.8 Å². The molecule has 0 aromatic rings. The SMILES string of the molecule is CCCCCCCCCCCCCCCCCCCCCCC(=O)OC[C@H](COP(=O)(O)OC[C@@H](O)COP(=O)(O)OC[C@@H](COC(=O)CCCCCCCCCCC)OC(=O)CCCCCCCCCCCCC)OC(=O)CCCCCCCCCCCCCCCCCCCCC(C)C. The molecule has 0 rings (SSSR count). The molecule has 0 saturated heterocycles. The van der Waals surface area contributed by atoms with Crippen LogP contribution in [0.25, 0.3) is 0 Å². The number of ether oxygens (including phenoxy) is 4. The molecule has 5 atom stereocenters. The van der Waals surface area contributed by atoms with Crippen molar-refractivity contribution in [2.24, 2.45) is 5.92 Å². The first-order valence-corrected chi connectivity index (χ1v) is 45.6. The van der Waals surface area contributed by atoms with Crippen LogP contribution in [-0.2, 0) is 65.4 Å². The minimum atomic E-state index is -4.96. The van der Waals surface area contributed by atoms with E-state index < -0.39 is 97.5 Å². The molecule has 0 amide bonds. The zero-order valence-electron chi connectivity index (χ0n) is 66.1. The van der Waals surface area contributed by atoms with E-state index in [0.717, 1.165) is 95.8 Å². The molecule has 0 aliphatic heterocycles. The van der Waals surface area contributed by atoms with Gasteiger partial charge in [0.1, 0.15) is 19.3 Å². The molecule has 0 aliphatic rings. The number of unbranched alkanes of at least 4 members (excludes halogenated alkanes) is 54. The van der Waals surface area contributed by atoms with E-state index in [9.17, 15) is 43.2 Å². The molecule has 17 nitrogen and oxygen atoms in total. The number of rotatable bonds is 82. The Bertz CT molecular complexity index is 1930. The summed E-state index contributed by atoms with van der Waals surface area (Å²) in [5.74, 6) is -1.29. The van der Waals surface area contributed by atoms with Gasteiger partial charge in [-0.05, 0) is 31.6 Å². The Labute approximate surface area is 619 Å². The maximum absolute atomic E-state index is 13.1. The quantitative estimate of drug-likeness (QED) is 0.0222. The molecule has 600 valence electrons. The molecule has 0 saturated carbocycles. The topological polar surface area (TPSA) is 237 Å². The second-order valence-electron chi connectivity index (χ2n) is 30.0. The molecule has 0 radical (unpaired) electrons. The number of aliphatic hydroxyl groups excluding tert-OH is 1. The van der Waals surface area contributed by atoms with E-state index in [-0.39, 0.29) is 25.7 Å². The first-order chi connectivity index (χ1) is 49.0. The summed E-state index contributed by atoms with van der Waals surface area (Å²) >= 11 is 0. The average Bonchev–Trinajstić information content (AvgIpc) is 0.951. The molecule has 0 aromatic carbocycles. The van der Waals surface area contributed by atoms with Crippen LogP contribution in [0, 0.1) is 5.92 Å². The fourth-order valence-electron chi connectivity index (χ4n) is 12.8. The summed E-state index contributed by atoms with van der Waals surface area (Å²) in [5, 5.41) is 10.6. The highest BCUT2D eigenvalue weighted by Gasteiger charge is 2.30. The van der Waals surface area contributed by atoms with Gasteiger partial charge in [-0.1, -0.05) is 388 Å². The van der Waals surface area contributed by atoms with Gasteiger partial charge in [-0.15, -0.1) is 0 Å². The van der Waals surface area contributed by atoms with Crippen molar-refractivity contribution in [3.8, 4) is 0 Å². The predicted molar refractivity (Wildman–Crippen MR) is 414 cm³/mol. The van der Waals surface area contributed by atoms with Crippen LogP contribution in [-0.4, -0.2) is 96.7 Å². The van der Waals surface area contributed by atoms with Crippen LogP contribution < -0.4 is 0 Å². The van der Waals surface area contributed by atoms with Crippen LogP contribution in [0.4, 0.5) is 0 Å². The average molecular weight is 1480 g/mol. The smallest absolute Gasteiger partial charge is 0.462 e. The minimum absolute atomic E-state index is 0.107. The van der Waals surface area contributed by atoms with E-state index in [1.54, 1.807) is 0 Å². The highest BCUT2D eigenvalue weighted by atomic mass is 31.2. The lowest BCUT2D eigenvalue weighted by Crippen LogP contribution is -2.30. The van der Waals surface area contributed by atoms with Gasteiger partial charge in [0.05, 0.1) is 26.4 Å². The molecular weight excluding hydrogens is 1320 g/mol. The molecule has 0 spiro atoms. The second-order valence-corrected chi connectivity index (χ2v) is 32.9. The minimum Gasteiger partial charge on any atom is -0.462 e. The summed E-state index contributed by atoms with van der Waals surface area (Å²) in [7, 11) is -9.91. The van der Waals surface area contributed by atoms with E-state index in [0.29, 0.717) is 25.7 Å². The van der Waals surface area contributed by atoms with Crippen molar-refractivity contribution in [2.75, 3.05) is 39.6 Å². The predicted octanol–water partition coefficient (Wildman–Crippen LogP) is 24.8. The van der Waals surface area contributed by atoms with E-state index >= 15 is 0 Å². The van der Waals surface area contributed by atoms with Crippen molar-refractivity contribution in [2.45, 2.75) is 457 Å². The van der Waals surface area contributed by atoms with Gasteiger partial charge >= 0.3 is 39.5 Å². The van der Waals surface area contributed by atoms with Crippen LogP contribution in [0.2, 0.25) is 0 Å². The van der Waals surface area contributed by atoms with Crippen molar-refractivity contribution in [1.29, 1.82) is 0 Å². The van der Waals surface area contributed by atoms with Crippen molar-refractivity contribution in [1.82, 2.24) is 0 Å². The number of carbonyl (C=O) groups is 4. The Balaban J connectivity index is 5.17. The number of aliphatic hydroxyl groups is 1. The van der Waals surface area contributed by atoms with Crippen LogP contribution in [0.1, 0.15) is 439 Å². The Morgan fingerprint density at radius 1 is 0.267 bits per heavy atom. The van der Waals surface area contributed by atoms with Crippen molar-refractivity contribution in [3.63, 3.8) is 0 Å². The standard InChI is InChI=1S/C82H160O17P2/c1-6-9-12-15-18-21-23-24-25-26-27-28-32-35-38-42-46-51-56-61-66-80(85)93-72-78(99-82(87)68-63-58-53-48-43-39-36-33-30-29-31-34-37-41-45-49-54-59-64-75(4)5)74-97-101(90,91)95-70-76(83)69-94-100(88,89)96-73-77(71-92-79(84)65-60-55-50-44-20-17-14-11-8-3)98-81(86)67-62-57-52-47-40-22-19-16-13-10-7-2/h75-78,83H,6-74H2,1-5H3,(H,88,89)(H,90,91)/t76-,77+,78+/m0/s1. The Morgan fingerprint density at radius 2 is 0.455 bits per heavy atom. The third-order valence-corrected chi connectivity index (χ3v) is 21.2. The largest absolute Gasteiger partial charge is 0.472 e. The highest BCUT2D eigenvalue weighted by molar-refractivity contribution is 7.47. The lowest BCUT2D eigenvalue weighted by Gasteiger charge is -2.21. The summed E-state index contributed by atoms with van der Waals surface area (Å²) < 4.78 is 68.6. The van der Waals surface area contributed by atoms with E-state index in [4.69, 9.17) is 37.0 Å². The molecule has 19 heteroatoms. The Morgan fingerprint density at radius 3 is 0.673 bits per heavy atom. The number of carbonyl (C=O) groups excluding carboxylic acids is 4. The van der Waals surface area contributed by atoms with Gasteiger partial charge in [0, 0.05) is 25.7 Å². The van der Waals surface area contributed by atoms with E-state index in [1.165, 1.54) is 263 Å². The molecule has 0 fully saturated rings. The highest BCUT2D eigenvalue weighted by Crippen LogP contribution is 2.45. The van der Waals surface area contributed by atoms with Crippen LogP contribution >= 0.6 is 15.6 Å². The molecule has 0 heterocycles. The van der Waals surface area contributed by atoms with Crippen LogP contribution in [0.3, 0.4) is 0 Å². The zero-order valence-corrected chi connectivity index (χ0v) is 67.8. The summed E-state index contributed by atoms with van der Waals surface area (Å²) in [4.78, 5) is 72.9. The maximum atomic E-state index is 13.1. The molecule has 0 bridgehead atoms. The van der Waals surface area contributed by atoms with Crippen molar-refractivity contribution >= 4 is 39.5 Å². The van der Waals surface area contributed by atoms with Crippen molar-refractivity contribution in [3.05, 3.63) is 0 Å². The fourth-order valence-corrected chi connectivity index (χ4v) is 14.3. The van der Waals surface area contributed by atoms with Gasteiger partial charge in [0.25, 0.3) is 0 Å². The van der Waals surface area contributed by atoms with Gasteiger partial charge in [-0.2, -0.15) is 0 Å². The zero-order chi connectivity index (χ0) is 74.1. The van der Waals surface area contributed by atoms with Crippen molar-refractivity contribution < 1.29 is 80.2 Å². The first-order valence-electron chi connectivity index (χ1n) is 42.6. The van der Waals surface area contributed by atoms with Gasteiger partial charge in [-0.3, -0.25) is 37.3 Å². The Hall–Kier alpha value is -1.94. The number of phosphoric acid groups is 2. The molecule has 2 unspecified atom stereocenters. The van der Waals surface area contributed by atoms with E-state index in [2.05, 4.69) is 34.6 Å². The number of hydrogen-bond acceptors (Lipinski definition) is 15. The van der Waals surface area contributed by atoms with E-state index in [1.807, 2.05) is 0 Å². The normalized spacial score (nSPS) is 13.8. The summed E-state index contributed by atoms with van der Waals surface area (Å²) in [6, 6.07) is 0. The summed E-state index contributed by atoms with van der Waals surface area (Å²) in [6.07, 6.45) is 66.8. The third-order valence-electron chi connectivity index (χ3n) is 19.3. The van der Waals surface area contributed by atoms with Crippen LogP contribution in [0.15, 0.2) is 0 Å². The summed E-state index contributed by atoms with van der Waals surface area (Å²) in [6.45, 7) is 7.35. The fraction of sp³-hybridized carbons (Fsp3) is 0.951. The molecular formula is C82H160O17P2. The van der Waals surface area contributed by atoms with Gasteiger partial charge in [0.15, 0.2) is 12.2 Å². The maximum Gasteiger partial charge on any atom is 0.472 e. The lowest BCUT2D eigenvalue weighted by atomic mass is 10.0. The third kappa shape index (κ3) is 76.1. The Kier molecular flexibility index (Phi) is 73.5.